The van der Waals surface area contributed by atoms with Gasteiger partial charge in [-0.25, -0.2) is 8.42 Å². The Labute approximate surface area is 171 Å². The first-order valence-corrected chi connectivity index (χ1v) is 11.1. The molecular formula is C20H27N3O5S. The first-order chi connectivity index (χ1) is 13.6. The van der Waals surface area contributed by atoms with Crippen LogP contribution in [0.25, 0.3) is 0 Å². The van der Waals surface area contributed by atoms with Crippen LogP contribution < -0.4 is 0 Å². The fourth-order valence-corrected chi connectivity index (χ4v) is 5.72. The molecular weight excluding hydrogens is 394 g/mol. The molecule has 8 nitrogen and oxygen atoms in total. The second-order valence-electron chi connectivity index (χ2n) is 7.59. The van der Waals surface area contributed by atoms with Gasteiger partial charge in [0, 0.05) is 20.0 Å². The van der Waals surface area contributed by atoms with Gasteiger partial charge in [-0.3, -0.25) is 4.79 Å². The lowest BCUT2D eigenvalue weighted by molar-refractivity contribution is -0.151. The molecule has 29 heavy (non-hydrogen) atoms. The van der Waals surface area contributed by atoms with E-state index in [9.17, 15) is 13.2 Å². The molecule has 158 valence electrons. The molecule has 1 fully saturated rings. The van der Waals surface area contributed by atoms with Crippen LogP contribution in [0, 0.1) is 40.5 Å². The third-order valence-electron chi connectivity index (χ3n) is 5.59. The highest BCUT2D eigenvalue weighted by Crippen LogP contribution is 2.31. The molecule has 0 spiro atoms. The quantitative estimate of drug-likeness (QED) is 0.684. The van der Waals surface area contributed by atoms with Crippen LogP contribution in [-0.4, -0.2) is 42.0 Å². The average molecular weight is 422 g/mol. The van der Waals surface area contributed by atoms with Gasteiger partial charge < -0.3 is 9.15 Å². The maximum Gasteiger partial charge on any atom is 0.309 e. The maximum atomic E-state index is 13.3. The molecule has 1 aliphatic heterocycles. The molecule has 1 aromatic carbocycles. The maximum absolute atomic E-state index is 13.3. The number of hydrogen-bond acceptors (Lipinski definition) is 7. The van der Waals surface area contributed by atoms with Gasteiger partial charge in [-0.1, -0.05) is 6.07 Å². The van der Waals surface area contributed by atoms with Gasteiger partial charge >= 0.3 is 5.97 Å². The predicted molar refractivity (Wildman–Crippen MR) is 106 cm³/mol. The Morgan fingerprint density at radius 1 is 1.10 bits per heavy atom. The summed E-state index contributed by atoms with van der Waals surface area (Å²) in [6.45, 7) is 9.70. The lowest BCUT2D eigenvalue weighted by atomic mass is 9.98. The highest BCUT2D eigenvalue weighted by molar-refractivity contribution is 7.89. The Hall–Kier alpha value is -2.26. The molecule has 0 bridgehead atoms. The topological polar surface area (TPSA) is 103 Å². The van der Waals surface area contributed by atoms with Gasteiger partial charge in [0.15, 0.2) is 6.61 Å². The number of rotatable bonds is 5. The molecule has 0 radical (unpaired) electrons. The van der Waals surface area contributed by atoms with Crippen molar-refractivity contribution in [3.05, 3.63) is 40.1 Å². The number of aromatic nitrogens is 2. The van der Waals surface area contributed by atoms with Gasteiger partial charge in [0.1, 0.15) is 0 Å². The van der Waals surface area contributed by atoms with Crippen molar-refractivity contribution in [2.75, 3.05) is 13.1 Å². The van der Waals surface area contributed by atoms with Crippen molar-refractivity contribution in [2.45, 2.75) is 59.0 Å². The summed E-state index contributed by atoms with van der Waals surface area (Å²) in [6.07, 6.45) is 0.841. The Morgan fingerprint density at radius 3 is 2.21 bits per heavy atom. The number of piperidine rings is 1. The molecule has 2 heterocycles. The van der Waals surface area contributed by atoms with Gasteiger partial charge in [0.05, 0.1) is 10.8 Å². The number of carbonyl (C=O) groups is 1. The standard InChI is InChI=1S/C20H27N3O5S/c1-12-10-13(2)15(4)19(14(12)3)29(25,26)23-8-6-17(7-9-23)20(24)27-11-18-22-21-16(5)28-18/h10,17H,6-9,11H2,1-5H3. The average Bonchev–Trinajstić information content (AvgIpc) is 3.10. The SMILES string of the molecule is Cc1nnc(COC(=O)C2CCN(S(=O)(=O)c3c(C)c(C)cc(C)c3C)CC2)o1. The molecule has 0 unspecified atom stereocenters. The van der Waals surface area contributed by atoms with Gasteiger partial charge in [-0.05, 0) is 62.8 Å². The van der Waals surface area contributed by atoms with Crippen molar-refractivity contribution in [3.63, 3.8) is 0 Å². The number of hydrogen-bond donors (Lipinski definition) is 0. The smallest absolute Gasteiger partial charge is 0.309 e. The fraction of sp³-hybridized carbons (Fsp3) is 0.550. The van der Waals surface area contributed by atoms with E-state index in [1.807, 2.05) is 33.8 Å². The summed E-state index contributed by atoms with van der Waals surface area (Å²) >= 11 is 0. The summed E-state index contributed by atoms with van der Waals surface area (Å²) in [4.78, 5) is 12.7. The molecule has 1 aliphatic rings. The molecule has 1 saturated heterocycles. The predicted octanol–water partition coefficient (Wildman–Crippen LogP) is 2.76. The highest BCUT2D eigenvalue weighted by Gasteiger charge is 2.35. The van der Waals surface area contributed by atoms with Crippen molar-refractivity contribution >= 4 is 16.0 Å². The van der Waals surface area contributed by atoms with E-state index < -0.39 is 10.0 Å². The van der Waals surface area contributed by atoms with Crippen molar-refractivity contribution in [2.24, 2.45) is 5.92 Å². The van der Waals surface area contributed by atoms with Crippen LogP contribution in [0.15, 0.2) is 15.4 Å². The van der Waals surface area contributed by atoms with Gasteiger partial charge in [-0.15, -0.1) is 10.2 Å². The summed E-state index contributed by atoms with van der Waals surface area (Å²) < 4.78 is 38.5. The first kappa shape index (κ1) is 21.4. The van der Waals surface area contributed by atoms with Crippen LogP contribution in [0.5, 0.6) is 0 Å². The molecule has 3 rings (SSSR count). The minimum atomic E-state index is -3.62. The number of ether oxygens (including phenoxy) is 1. The van der Waals surface area contributed by atoms with E-state index >= 15 is 0 Å². The summed E-state index contributed by atoms with van der Waals surface area (Å²) in [6, 6.07) is 2.01. The van der Waals surface area contributed by atoms with Crippen LogP contribution in [0.2, 0.25) is 0 Å². The lowest BCUT2D eigenvalue weighted by Gasteiger charge is -2.31. The third-order valence-corrected chi connectivity index (χ3v) is 7.76. The van der Waals surface area contributed by atoms with Crippen molar-refractivity contribution < 1.29 is 22.4 Å². The molecule has 1 aromatic heterocycles. The van der Waals surface area contributed by atoms with Crippen LogP contribution in [0.4, 0.5) is 0 Å². The number of sulfonamides is 1. The fourth-order valence-electron chi connectivity index (χ4n) is 3.68. The van der Waals surface area contributed by atoms with E-state index in [2.05, 4.69) is 10.2 Å². The number of nitrogens with zero attached hydrogens (tertiary/aromatic N) is 3. The van der Waals surface area contributed by atoms with Crippen LogP contribution >= 0.6 is 0 Å². The summed E-state index contributed by atoms with van der Waals surface area (Å²) in [5, 5.41) is 7.48. The van der Waals surface area contributed by atoms with Gasteiger partial charge in [0.25, 0.3) is 5.89 Å². The summed E-state index contributed by atoms with van der Waals surface area (Å²) in [5.41, 5.74) is 3.48. The summed E-state index contributed by atoms with van der Waals surface area (Å²) in [5.74, 6) is -0.0493. The number of benzene rings is 1. The van der Waals surface area contributed by atoms with E-state index in [0.717, 1.165) is 22.3 Å². The van der Waals surface area contributed by atoms with E-state index in [0.29, 0.717) is 23.6 Å². The Balaban J connectivity index is 1.66. The van der Waals surface area contributed by atoms with E-state index in [1.165, 1.54) is 4.31 Å². The normalized spacial score (nSPS) is 16.2. The van der Waals surface area contributed by atoms with Gasteiger partial charge in [0.2, 0.25) is 15.9 Å². The number of esters is 1. The zero-order valence-corrected chi connectivity index (χ0v) is 18.3. The van der Waals surface area contributed by atoms with Crippen LogP contribution in [-0.2, 0) is 26.2 Å². The summed E-state index contributed by atoms with van der Waals surface area (Å²) in [7, 11) is -3.62. The van der Waals surface area contributed by atoms with E-state index in [1.54, 1.807) is 6.92 Å². The zero-order chi connectivity index (χ0) is 21.3. The van der Waals surface area contributed by atoms with Crippen molar-refractivity contribution in [1.82, 2.24) is 14.5 Å². The molecule has 9 heteroatoms. The Bertz CT molecular complexity index is 995. The Kier molecular flexibility index (Phi) is 6.09. The first-order valence-electron chi connectivity index (χ1n) is 9.64. The molecule has 2 aromatic rings. The minimum Gasteiger partial charge on any atom is -0.455 e. The second-order valence-corrected chi connectivity index (χ2v) is 9.47. The lowest BCUT2D eigenvalue weighted by Crippen LogP contribution is -2.41. The zero-order valence-electron chi connectivity index (χ0n) is 17.5. The minimum absolute atomic E-state index is 0.0703. The second kappa shape index (κ2) is 8.23. The van der Waals surface area contributed by atoms with Crippen LogP contribution in [0.3, 0.4) is 0 Å². The van der Waals surface area contributed by atoms with E-state index in [-0.39, 0.29) is 37.5 Å². The van der Waals surface area contributed by atoms with Crippen molar-refractivity contribution in [1.29, 1.82) is 0 Å². The monoisotopic (exact) mass is 421 g/mol. The molecule has 0 aliphatic carbocycles. The van der Waals surface area contributed by atoms with Crippen LogP contribution in [0.1, 0.15) is 46.9 Å². The Morgan fingerprint density at radius 2 is 1.69 bits per heavy atom. The number of aryl methyl sites for hydroxylation is 3. The molecule has 0 amide bonds. The molecule has 0 atom stereocenters. The third kappa shape index (κ3) is 4.35. The van der Waals surface area contributed by atoms with E-state index in [4.69, 9.17) is 9.15 Å². The van der Waals surface area contributed by atoms with Crippen molar-refractivity contribution in [3.8, 4) is 0 Å². The highest BCUT2D eigenvalue weighted by atomic mass is 32.2. The number of carbonyl (C=O) groups excluding carboxylic acids is 1. The molecule has 0 saturated carbocycles. The molecule has 0 N–H and O–H groups in total. The largest absolute Gasteiger partial charge is 0.455 e. The van der Waals surface area contributed by atoms with Gasteiger partial charge in [-0.2, -0.15) is 4.31 Å².